The lowest BCUT2D eigenvalue weighted by atomic mass is 10.0. The van der Waals surface area contributed by atoms with Crippen molar-refractivity contribution in [3.63, 3.8) is 0 Å². The van der Waals surface area contributed by atoms with E-state index in [1.807, 2.05) is 31.7 Å². The van der Waals surface area contributed by atoms with E-state index in [0.29, 0.717) is 42.1 Å². The van der Waals surface area contributed by atoms with Crippen molar-refractivity contribution in [2.75, 3.05) is 39.2 Å². The summed E-state index contributed by atoms with van der Waals surface area (Å²) in [6.45, 7) is 6.89. The number of carbonyl (C=O) groups is 3. The lowest BCUT2D eigenvalue weighted by Crippen LogP contribution is -2.48. The average Bonchev–Trinajstić information content (AvgIpc) is 2.88. The lowest BCUT2D eigenvalue weighted by Gasteiger charge is -2.36. The van der Waals surface area contributed by atoms with Gasteiger partial charge in [-0.15, -0.1) is 0 Å². The van der Waals surface area contributed by atoms with Crippen LogP contribution in [0, 0.1) is 5.92 Å². The van der Waals surface area contributed by atoms with Gasteiger partial charge in [-0.1, -0.05) is 32.0 Å². The molecular formula is C27H35N3O5. The molecule has 1 N–H and O–H groups in total. The van der Waals surface area contributed by atoms with E-state index >= 15 is 0 Å². The van der Waals surface area contributed by atoms with Crippen molar-refractivity contribution in [2.45, 2.75) is 39.3 Å². The minimum absolute atomic E-state index is 0.00333. The maximum atomic E-state index is 13.4. The molecule has 0 bridgehead atoms. The number of benzene rings is 2. The van der Waals surface area contributed by atoms with Gasteiger partial charge in [-0.2, -0.15) is 0 Å². The highest BCUT2D eigenvalue weighted by molar-refractivity contribution is 6.05. The molecule has 3 amide bonds. The van der Waals surface area contributed by atoms with Gasteiger partial charge < -0.3 is 24.6 Å². The van der Waals surface area contributed by atoms with Crippen molar-refractivity contribution in [1.29, 1.82) is 0 Å². The molecule has 1 aliphatic heterocycles. The molecule has 188 valence electrons. The fourth-order valence-electron chi connectivity index (χ4n) is 4.20. The minimum atomic E-state index is -0.268. The molecule has 3 rings (SSSR count). The molecule has 0 spiro atoms. The molecule has 8 heteroatoms. The third-order valence-corrected chi connectivity index (χ3v) is 6.36. The highest BCUT2D eigenvalue weighted by Gasteiger charge is 2.30. The van der Waals surface area contributed by atoms with E-state index in [2.05, 4.69) is 5.32 Å². The predicted molar refractivity (Wildman–Crippen MR) is 135 cm³/mol. The van der Waals surface area contributed by atoms with Gasteiger partial charge >= 0.3 is 0 Å². The monoisotopic (exact) mass is 481 g/mol. The smallest absolute Gasteiger partial charge is 0.257 e. The van der Waals surface area contributed by atoms with Crippen molar-refractivity contribution < 1.29 is 23.9 Å². The standard InChI is InChI=1S/C27H35N3O5/c1-6-25(31)30-15-18(2)24(34-5)16-29(4)27(33)22-14-21(12-13-23(22)35-17-19(30)3)28-26(32)20-10-8-7-9-11-20/h7-14,18-19,24H,6,15-17H2,1-5H3,(H,28,32)/t18-,19+,24+/m1/s1. The summed E-state index contributed by atoms with van der Waals surface area (Å²) in [5, 5.41) is 2.85. The van der Waals surface area contributed by atoms with Gasteiger partial charge in [0.25, 0.3) is 11.8 Å². The van der Waals surface area contributed by atoms with Crippen molar-refractivity contribution in [2.24, 2.45) is 5.92 Å². The Morgan fingerprint density at radius 1 is 1.11 bits per heavy atom. The summed E-state index contributed by atoms with van der Waals surface area (Å²) >= 11 is 0. The van der Waals surface area contributed by atoms with Crippen LogP contribution in [0.3, 0.4) is 0 Å². The molecule has 3 atom stereocenters. The second-order valence-corrected chi connectivity index (χ2v) is 9.03. The van der Waals surface area contributed by atoms with E-state index in [1.165, 1.54) is 0 Å². The zero-order chi connectivity index (χ0) is 25.5. The molecule has 1 aliphatic rings. The minimum Gasteiger partial charge on any atom is -0.491 e. The molecule has 0 saturated heterocycles. The Morgan fingerprint density at radius 2 is 1.83 bits per heavy atom. The van der Waals surface area contributed by atoms with Gasteiger partial charge in [0.05, 0.1) is 17.7 Å². The topological polar surface area (TPSA) is 88.2 Å². The van der Waals surface area contributed by atoms with Crippen molar-refractivity contribution in [3.8, 4) is 5.75 Å². The van der Waals surface area contributed by atoms with Crippen LogP contribution in [-0.2, 0) is 9.53 Å². The molecule has 8 nitrogen and oxygen atoms in total. The van der Waals surface area contributed by atoms with Gasteiger partial charge in [0.2, 0.25) is 5.91 Å². The molecule has 0 saturated carbocycles. The molecule has 0 aromatic heterocycles. The molecule has 0 aliphatic carbocycles. The third-order valence-electron chi connectivity index (χ3n) is 6.36. The Kier molecular flexibility index (Phi) is 8.87. The number of methoxy groups -OCH3 is 1. The number of nitrogens with one attached hydrogen (secondary N) is 1. The number of hydrogen-bond donors (Lipinski definition) is 1. The molecule has 1 heterocycles. The summed E-state index contributed by atoms with van der Waals surface area (Å²) in [4.78, 5) is 42.2. The summed E-state index contributed by atoms with van der Waals surface area (Å²) in [5.74, 6) is -0.0548. The fourth-order valence-corrected chi connectivity index (χ4v) is 4.20. The van der Waals surface area contributed by atoms with Gasteiger partial charge in [0.15, 0.2) is 0 Å². The van der Waals surface area contributed by atoms with Gasteiger partial charge in [0.1, 0.15) is 12.4 Å². The number of ether oxygens (including phenoxy) is 2. The van der Waals surface area contributed by atoms with Crippen LogP contribution in [0.25, 0.3) is 0 Å². The Labute approximate surface area is 207 Å². The SMILES string of the molecule is CCC(=O)N1C[C@@H](C)[C@@H](OC)CN(C)C(=O)c2cc(NC(=O)c3ccccc3)ccc2OC[C@@H]1C. The number of anilines is 1. The summed E-state index contributed by atoms with van der Waals surface area (Å²) in [6.07, 6.45) is 0.141. The van der Waals surface area contributed by atoms with Gasteiger partial charge in [0, 0.05) is 50.8 Å². The maximum absolute atomic E-state index is 13.4. The molecule has 0 radical (unpaired) electrons. The van der Waals surface area contributed by atoms with Crippen LogP contribution in [0.4, 0.5) is 5.69 Å². The normalized spacial score (nSPS) is 21.3. The van der Waals surface area contributed by atoms with Crippen LogP contribution in [0.1, 0.15) is 47.9 Å². The summed E-state index contributed by atoms with van der Waals surface area (Å²) in [5.41, 5.74) is 1.34. The van der Waals surface area contributed by atoms with Crippen LogP contribution in [0.2, 0.25) is 0 Å². The van der Waals surface area contributed by atoms with Gasteiger partial charge in [-0.25, -0.2) is 0 Å². The number of nitrogens with zero attached hydrogens (tertiary/aromatic N) is 2. The van der Waals surface area contributed by atoms with E-state index in [9.17, 15) is 14.4 Å². The first-order valence-electron chi connectivity index (χ1n) is 12.0. The van der Waals surface area contributed by atoms with Gasteiger partial charge in [-0.3, -0.25) is 14.4 Å². The number of fused-ring (bicyclic) bond motifs is 1. The maximum Gasteiger partial charge on any atom is 0.257 e. The number of hydrogen-bond acceptors (Lipinski definition) is 5. The number of likely N-dealkylation sites (N-methyl/N-ethyl adjacent to an activating group) is 1. The van der Waals surface area contributed by atoms with Gasteiger partial charge in [-0.05, 0) is 37.3 Å². The number of amides is 3. The zero-order valence-electron chi connectivity index (χ0n) is 21.1. The highest BCUT2D eigenvalue weighted by Crippen LogP contribution is 2.27. The number of rotatable bonds is 4. The first-order valence-corrected chi connectivity index (χ1v) is 12.0. The Hall–Kier alpha value is -3.39. The molecule has 0 unspecified atom stereocenters. The molecule has 35 heavy (non-hydrogen) atoms. The Bertz CT molecular complexity index is 1040. The summed E-state index contributed by atoms with van der Waals surface area (Å²) in [6, 6.07) is 13.7. The van der Waals surface area contributed by atoms with Crippen LogP contribution < -0.4 is 10.1 Å². The third kappa shape index (κ3) is 6.39. The predicted octanol–water partition coefficient (Wildman–Crippen LogP) is 3.68. The highest BCUT2D eigenvalue weighted by atomic mass is 16.5. The molecule has 2 aromatic rings. The first-order chi connectivity index (χ1) is 16.7. The van der Waals surface area contributed by atoms with Crippen LogP contribution in [-0.4, -0.2) is 73.5 Å². The largest absolute Gasteiger partial charge is 0.491 e. The van der Waals surface area contributed by atoms with Crippen LogP contribution in [0.5, 0.6) is 5.75 Å². The van der Waals surface area contributed by atoms with Crippen molar-refractivity contribution in [1.82, 2.24) is 9.80 Å². The second kappa shape index (κ2) is 11.8. The Morgan fingerprint density at radius 3 is 2.49 bits per heavy atom. The molecule has 0 fully saturated rings. The van der Waals surface area contributed by atoms with Crippen molar-refractivity contribution >= 4 is 23.4 Å². The average molecular weight is 482 g/mol. The second-order valence-electron chi connectivity index (χ2n) is 9.03. The summed E-state index contributed by atoms with van der Waals surface area (Å²) < 4.78 is 11.8. The quantitative estimate of drug-likeness (QED) is 0.720. The van der Waals surface area contributed by atoms with Crippen LogP contribution >= 0.6 is 0 Å². The van der Waals surface area contributed by atoms with E-state index < -0.39 is 0 Å². The number of carbonyl (C=O) groups excluding carboxylic acids is 3. The van der Waals surface area contributed by atoms with E-state index in [4.69, 9.17) is 9.47 Å². The Balaban J connectivity index is 1.94. The van der Waals surface area contributed by atoms with E-state index in [1.54, 1.807) is 61.5 Å². The van der Waals surface area contributed by atoms with E-state index in [0.717, 1.165) is 0 Å². The zero-order valence-corrected chi connectivity index (χ0v) is 21.1. The fraction of sp³-hybridized carbons (Fsp3) is 0.444. The molecule has 2 aromatic carbocycles. The van der Waals surface area contributed by atoms with Crippen molar-refractivity contribution in [3.05, 3.63) is 59.7 Å². The van der Waals surface area contributed by atoms with E-state index in [-0.39, 0.29) is 42.4 Å². The first kappa shape index (κ1) is 26.2. The lowest BCUT2D eigenvalue weighted by molar-refractivity contribution is -0.135. The molecular weight excluding hydrogens is 446 g/mol. The summed E-state index contributed by atoms with van der Waals surface area (Å²) in [7, 11) is 3.33. The van der Waals surface area contributed by atoms with Crippen LogP contribution in [0.15, 0.2) is 48.5 Å².